The monoisotopic (exact) mass is 235 g/mol. The van der Waals surface area contributed by atoms with Gasteiger partial charge in [0.05, 0.1) is 11.3 Å². The normalized spacial score (nSPS) is 10.2. The van der Waals surface area contributed by atoms with Crippen molar-refractivity contribution in [2.24, 2.45) is 0 Å². The molecule has 0 saturated heterocycles. The molecule has 0 aliphatic carbocycles. The summed E-state index contributed by atoms with van der Waals surface area (Å²) in [6.07, 6.45) is 1.38. The van der Waals surface area contributed by atoms with Crippen molar-refractivity contribution < 1.29 is 13.6 Å². The van der Waals surface area contributed by atoms with E-state index >= 15 is 0 Å². The van der Waals surface area contributed by atoms with Crippen LogP contribution in [0.3, 0.4) is 0 Å². The zero-order valence-corrected chi connectivity index (χ0v) is 9.03. The van der Waals surface area contributed by atoms with E-state index in [-0.39, 0.29) is 11.6 Å². The Labute approximate surface area is 96.4 Å². The van der Waals surface area contributed by atoms with Gasteiger partial charge in [0.15, 0.2) is 0 Å². The average Bonchev–Trinajstić information content (AvgIpc) is 2.67. The van der Waals surface area contributed by atoms with Crippen molar-refractivity contribution in [2.75, 3.05) is 11.1 Å². The van der Waals surface area contributed by atoms with Crippen molar-refractivity contribution >= 4 is 17.6 Å². The van der Waals surface area contributed by atoms with Crippen LogP contribution in [0.4, 0.5) is 16.1 Å². The molecule has 1 heterocycles. The van der Waals surface area contributed by atoms with Gasteiger partial charge < -0.3 is 10.2 Å². The molecule has 0 bridgehead atoms. The number of aromatic nitrogens is 1. The van der Waals surface area contributed by atoms with Crippen LogP contribution in [-0.2, 0) is 0 Å². The van der Waals surface area contributed by atoms with Crippen LogP contribution in [0.5, 0.6) is 0 Å². The van der Waals surface area contributed by atoms with Crippen LogP contribution in [-0.4, -0.2) is 10.9 Å². The Bertz CT molecular complexity index is 566. The summed E-state index contributed by atoms with van der Waals surface area (Å²) in [7, 11) is 0. The first-order chi connectivity index (χ1) is 8.06. The molecule has 0 radical (unpaired) electrons. The van der Waals surface area contributed by atoms with E-state index < -0.39 is 11.7 Å². The Balaban J connectivity index is 2.22. The molecular formula is C11H10FN3O2. The quantitative estimate of drug-likeness (QED) is 0.779. The summed E-state index contributed by atoms with van der Waals surface area (Å²) in [5.41, 5.74) is 6.25. The lowest BCUT2D eigenvalue weighted by molar-refractivity contribution is 0.102. The minimum Gasteiger partial charge on any atom is -0.432 e. The first kappa shape index (κ1) is 11.1. The fourth-order valence-corrected chi connectivity index (χ4v) is 1.29. The van der Waals surface area contributed by atoms with Crippen LogP contribution in [0.25, 0.3) is 0 Å². The molecule has 2 rings (SSSR count). The number of nitrogens with two attached hydrogens (primary N) is 1. The van der Waals surface area contributed by atoms with Gasteiger partial charge in [-0.1, -0.05) is 0 Å². The van der Waals surface area contributed by atoms with E-state index in [2.05, 4.69) is 10.3 Å². The number of nitrogen functional groups attached to an aromatic ring is 1. The summed E-state index contributed by atoms with van der Waals surface area (Å²) < 4.78 is 18.3. The van der Waals surface area contributed by atoms with Gasteiger partial charge in [-0.2, -0.15) is 4.98 Å². The molecule has 2 aromatic rings. The van der Waals surface area contributed by atoms with Gasteiger partial charge in [0.1, 0.15) is 12.1 Å². The van der Waals surface area contributed by atoms with Crippen LogP contribution in [0.2, 0.25) is 0 Å². The SMILES string of the molecule is Cc1coc(NC(=O)c2cc(N)ccc2F)n1. The fraction of sp³-hybridized carbons (Fsp3) is 0.0909. The standard InChI is InChI=1S/C11H10FN3O2/c1-6-5-17-11(14-6)15-10(16)8-4-7(13)2-3-9(8)12/h2-5H,13H2,1H3,(H,14,15,16). The van der Waals surface area contributed by atoms with E-state index in [0.29, 0.717) is 11.4 Å². The first-order valence-electron chi connectivity index (χ1n) is 4.85. The van der Waals surface area contributed by atoms with Crippen molar-refractivity contribution in [1.82, 2.24) is 4.98 Å². The third kappa shape index (κ3) is 2.41. The van der Waals surface area contributed by atoms with Gasteiger partial charge in [0.2, 0.25) is 0 Å². The molecule has 0 saturated carbocycles. The smallest absolute Gasteiger partial charge is 0.301 e. The molecule has 88 valence electrons. The highest BCUT2D eigenvalue weighted by atomic mass is 19.1. The molecule has 6 heteroatoms. The molecule has 0 spiro atoms. The second-order valence-corrected chi connectivity index (χ2v) is 3.49. The molecule has 0 fully saturated rings. The maximum atomic E-state index is 13.4. The Kier molecular flexibility index (Phi) is 2.78. The maximum absolute atomic E-state index is 13.4. The van der Waals surface area contributed by atoms with Crippen molar-refractivity contribution in [3.63, 3.8) is 0 Å². The summed E-state index contributed by atoms with van der Waals surface area (Å²) in [5, 5.41) is 2.33. The molecule has 1 amide bonds. The third-order valence-electron chi connectivity index (χ3n) is 2.07. The Hall–Kier alpha value is -2.37. The van der Waals surface area contributed by atoms with E-state index in [4.69, 9.17) is 10.2 Å². The number of carbonyl (C=O) groups excluding carboxylic acids is 1. The van der Waals surface area contributed by atoms with E-state index in [1.54, 1.807) is 6.92 Å². The summed E-state index contributed by atoms with van der Waals surface area (Å²) in [6.45, 7) is 1.71. The minimum atomic E-state index is -0.656. The molecule has 0 aliphatic rings. The van der Waals surface area contributed by atoms with Gasteiger partial charge in [-0.15, -0.1) is 0 Å². The highest BCUT2D eigenvalue weighted by molar-refractivity contribution is 6.03. The van der Waals surface area contributed by atoms with E-state index in [1.165, 1.54) is 18.4 Å². The summed E-state index contributed by atoms with van der Waals surface area (Å²) in [5.74, 6) is -1.31. The average molecular weight is 235 g/mol. The van der Waals surface area contributed by atoms with Gasteiger partial charge in [-0.25, -0.2) is 4.39 Å². The number of oxazole rings is 1. The number of anilines is 2. The van der Waals surface area contributed by atoms with E-state index in [0.717, 1.165) is 6.07 Å². The number of nitrogens with zero attached hydrogens (tertiary/aromatic N) is 1. The lowest BCUT2D eigenvalue weighted by atomic mass is 10.2. The molecule has 5 nitrogen and oxygen atoms in total. The number of rotatable bonds is 2. The van der Waals surface area contributed by atoms with Crippen LogP contribution >= 0.6 is 0 Å². The van der Waals surface area contributed by atoms with Crippen molar-refractivity contribution in [3.05, 3.63) is 41.5 Å². The summed E-state index contributed by atoms with van der Waals surface area (Å²) >= 11 is 0. The molecule has 1 aromatic carbocycles. The van der Waals surface area contributed by atoms with Crippen LogP contribution in [0.1, 0.15) is 16.1 Å². The van der Waals surface area contributed by atoms with Crippen molar-refractivity contribution in [1.29, 1.82) is 0 Å². The topological polar surface area (TPSA) is 81.2 Å². The second-order valence-electron chi connectivity index (χ2n) is 3.49. The summed E-state index contributed by atoms with van der Waals surface area (Å²) in [6, 6.07) is 3.78. The van der Waals surface area contributed by atoms with Crippen molar-refractivity contribution in [2.45, 2.75) is 6.92 Å². The molecule has 1 aromatic heterocycles. The Morgan fingerprint density at radius 3 is 2.94 bits per heavy atom. The van der Waals surface area contributed by atoms with Gasteiger partial charge in [-0.3, -0.25) is 10.1 Å². The molecule has 0 unspecified atom stereocenters. The Morgan fingerprint density at radius 1 is 1.53 bits per heavy atom. The van der Waals surface area contributed by atoms with Gasteiger partial charge in [0, 0.05) is 5.69 Å². The molecule has 17 heavy (non-hydrogen) atoms. The number of carbonyl (C=O) groups is 1. The molecule has 3 N–H and O–H groups in total. The molecule has 0 aliphatic heterocycles. The van der Waals surface area contributed by atoms with Gasteiger partial charge >= 0.3 is 6.01 Å². The second kappa shape index (κ2) is 4.25. The number of halogens is 1. The third-order valence-corrected chi connectivity index (χ3v) is 2.07. The number of hydrogen-bond donors (Lipinski definition) is 2. The van der Waals surface area contributed by atoms with Crippen molar-refractivity contribution in [3.8, 4) is 0 Å². The van der Waals surface area contributed by atoms with E-state index in [9.17, 15) is 9.18 Å². The predicted octanol–water partition coefficient (Wildman–Crippen LogP) is 1.96. The lowest BCUT2D eigenvalue weighted by Gasteiger charge is -2.03. The number of nitrogens with one attached hydrogen (secondary N) is 1. The highest BCUT2D eigenvalue weighted by Crippen LogP contribution is 2.14. The van der Waals surface area contributed by atoms with E-state index in [1.807, 2.05) is 0 Å². The number of amides is 1. The van der Waals surface area contributed by atoms with Crippen LogP contribution in [0.15, 0.2) is 28.9 Å². The fourth-order valence-electron chi connectivity index (χ4n) is 1.29. The number of hydrogen-bond acceptors (Lipinski definition) is 4. The largest absolute Gasteiger partial charge is 0.432 e. The van der Waals surface area contributed by atoms with Gasteiger partial charge in [0.25, 0.3) is 5.91 Å². The molecule has 0 atom stereocenters. The lowest BCUT2D eigenvalue weighted by Crippen LogP contribution is -2.14. The number of aryl methyl sites for hydroxylation is 1. The number of benzene rings is 1. The van der Waals surface area contributed by atoms with Crippen LogP contribution < -0.4 is 11.1 Å². The Morgan fingerprint density at radius 2 is 2.29 bits per heavy atom. The maximum Gasteiger partial charge on any atom is 0.301 e. The first-order valence-corrected chi connectivity index (χ1v) is 4.85. The zero-order chi connectivity index (χ0) is 12.4. The molecular weight excluding hydrogens is 225 g/mol. The summed E-state index contributed by atoms with van der Waals surface area (Å²) in [4.78, 5) is 15.6. The van der Waals surface area contributed by atoms with Crippen LogP contribution in [0, 0.1) is 12.7 Å². The highest BCUT2D eigenvalue weighted by Gasteiger charge is 2.14. The zero-order valence-electron chi connectivity index (χ0n) is 9.03. The predicted molar refractivity (Wildman–Crippen MR) is 60.0 cm³/mol. The minimum absolute atomic E-state index is 0.0225. The van der Waals surface area contributed by atoms with Gasteiger partial charge in [-0.05, 0) is 25.1 Å².